The number of para-hydroxylation sites is 1. The second-order valence-electron chi connectivity index (χ2n) is 7.42. The lowest BCUT2D eigenvalue weighted by Gasteiger charge is -2.09. The number of ether oxygens (including phenoxy) is 1. The van der Waals surface area contributed by atoms with Gasteiger partial charge in [-0.1, -0.05) is 78.9 Å². The van der Waals surface area contributed by atoms with Gasteiger partial charge in [-0.2, -0.15) is 0 Å². The SMILES string of the molecule is CC(O)/C=C/c1ccccc1COc1ccc(/C=C/c2ccc3ccccc3n2)cc1. The predicted molar refractivity (Wildman–Crippen MR) is 129 cm³/mol. The van der Waals surface area contributed by atoms with Crippen molar-refractivity contribution in [3.63, 3.8) is 0 Å². The van der Waals surface area contributed by atoms with E-state index in [1.165, 1.54) is 0 Å². The number of rotatable bonds is 7. The Balaban J connectivity index is 1.40. The summed E-state index contributed by atoms with van der Waals surface area (Å²) in [5.41, 5.74) is 5.14. The molecular formula is C28H25NO2. The van der Waals surface area contributed by atoms with Crippen LogP contribution in [-0.4, -0.2) is 16.2 Å². The van der Waals surface area contributed by atoms with Gasteiger partial charge in [0.25, 0.3) is 0 Å². The fourth-order valence-corrected chi connectivity index (χ4v) is 3.26. The second-order valence-corrected chi connectivity index (χ2v) is 7.42. The number of hydrogen-bond donors (Lipinski definition) is 1. The first kappa shape index (κ1) is 20.6. The molecule has 0 bridgehead atoms. The molecule has 3 heteroatoms. The molecule has 4 rings (SSSR count). The normalized spacial score (nSPS) is 12.6. The Kier molecular flexibility index (Phi) is 6.56. The van der Waals surface area contributed by atoms with Crippen LogP contribution in [0.2, 0.25) is 0 Å². The molecule has 0 aliphatic heterocycles. The summed E-state index contributed by atoms with van der Waals surface area (Å²) < 4.78 is 5.97. The molecule has 0 spiro atoms. The topological polar surface area (TPSA) is 42.4 Å². The van der Waals surface area contributed by atoms with Crippen LogP contribution in [0.4, 0.5) is 0 Å². The molecule has 31 heavy (non-hydrogen) atoms. The first-order chi connectivity index (χ1) is 15.2. The first-order valence-electron chi connectivity index (χ1n) is 10.4. The molecule has 4 aromatic rings. The molecule has 0 aliphatic rings. The van der Waals surface area contributed by atoms with Crippen molar-refractivity contribution in [1.82, 2.24) is 4.98 Å². The van der Waals surface area contributed by atoms with Gasteiger partial charge in [-0.25, -0.2) is 4.98 Å². The zero-order valence-corrected chi connectivity index (χ0v) is 17.5. The quantitative estimate of drug-likeness (QED) is 0.387. The van der Waals surface area contributed by atoms with E-state index in [-0.39, 0.29) is 0 Å². The van der Waals surface area contributed by atoms with Crippen molar-refractivity contribution >= 4 is 29.1 Å². The maximum Gasteiger partial charge on any atom is 0.119 e. The van der Waals surface area contributed by atoms with Crippen LogP contribution < -0.4 is 4.74 Å². The van der Waals surface area contributed by atoms with Crippen LogP contribution in [0.25, 0.3) is 29.1 Å². The molecule has 154 valence electrons. The Hall–Kier alpha value is -3.69. The highest BCUT2D eigenvalue weighted by molar-refractivity contribution is 5.80. The minimum Gasteiger partial charge on any atom is -0.489 e. The van der Waals surface area contributed by atoms with Crippen LogP contribution in [0, 0.1) is 0 Å². The van der Waals surface area contributed by atoms with E-state index in [4.69, 9.17) is 4.74 Å². The number of aromatic nitrogens is 1. The van der Waals surface area contributed by atoms with Gasteiger partial charge in [-0.3, -0.25) is 0 Å². The molecule has 3 aromatic carbocycles. The highest BCUT2D eigenvalue weighted by Gasteiger charge is 2.01. The van der Waals surface area contributed by atoms with E-state index in [2.05, 4.69) is 23.2 Å². The third kappa shape index (κ3) is 5.68. The third-order valence-corrected chi connectivity index (χ3v) is 4.95. The Morgan fingerprint density at radius 1 is 0.839 bits per heavy atom. The smallest absolute Gasteiger partial charge is 0.119 e. The van der Waals surface area contributed by atoms with E-state index < -0.39 is 6.10 Å². The minimum atomic E-state index is -0.473. The van der Waals surface area contributed by atoms with Gasteiger partial charge in [-0.15, -0.1) is 0 Å². The maximum absolute atomic E-state index is 9.47. The van der Waals surface area contributed by atoms with E-state index in [0.29, 0.717) is 6.61 Å². The lowest BCUT2D eigenvalue weighted by atomic mass is 10.1. The molecule has 1 unspecified atom stereocenters. The van der Waals surface area contributed by atoms with Gasteiger partial charge in [0.2, 0.25) is 0 Å². The van der Waals surface area contributed by atoms with Gasteiger partial charge >= 0.3 is 0 Å². The van der Waals surface area contributed by atoms with E-state index in [1.54, 1.807) is 13.0 Å². The Morgan fingerprint density at radius 2 is 1.61 bits per heavy atom. The molecule has 1 N–H and O–H groups in total. The van der Waals surface area contributed by atoms with Crippen molar-refractivity contribution in [1.29, 1.82) is 0 Å². The fraction of sp³-hybridized carbons (Fsp3) is 0.107. The van der Waals surface area contributed by atoms with Crippen molar-refractivity contribution in [2.75, 3.05) is 0 Å². The van der Waals surface area contributed by atoms with Crippen LogP contribution >= 0.6 is 0 Å². The van der Waals surface area contributed by atoms with Crippen molar-refractivity contribution in [2.24, 2.45) is 0 Å². The van der Waals surface area contributed by atoms with Crippen molar-refractivity contribution in [3.05, 3.63) is 113 Å². The molecule has 1 heterocycles. The van der Waals surface area contributed by atoms with Gasteiger partial charge in [0.05, 0.1) is 17.3 Å². The number of hydrogen-bond acceptors (Lipinski definition) is 3. The van der Waals surface area contributed by atoms with Crippen molar-refractivity contribution in [3.8, 4) is 5.75 Å². The molecule has 0 fully saturated rings. The lowest BCUT2D eigenvalue weighted by Crippen LogP contribution is -1.98. The van der Waals surface area contributed by atoms with E-state index in [0.717, 1.165) is 39.0 Å². The molecule has 0 radical (unpaired) electrons. The predicted octanol–water partition coefficient (Wildman–Crippen LogP) is 6.38. The molecule has 0 saturated carbocycles. The highest BCUT2D eigenvalue weighted by atomic mass is 16.5. The summed E-state index contributed by atoms with van der Waals surface area (Å²) >= 11 is 0. The van der Waals surface area contributed by atoms with Crippen LogP contribution in [0.5, 0.6) is 5.75 Å². The number of nitrogens with zero attached hydrogens (tertiary/aromatic N) is 1. The van der Waals surface area contributed by atoms with E-state index in [1.807, 2.05) is 84.9 Å². The van der Waals surface area contributed by atoms with Crippen LogP contribution in [0.3, 0.4) is 0 Å². The second kappa shape index (κ2) is 9.88. The van der Waals surface area contributed by atoms with Crippen molar-refractivity contribution in [2.45, 2.75) is 19.6 Å². The zero-order chi connectivity index (χ0) is 21.5. The van der Waals surface area contributed by atoms with Gasteiger partial charge in [0, 0.05) is 5.39 Å². The van der Waals surface area contributed by atoms with Crippen LogP contribution in [0.1, 0.15) is 29.3 Å². The monoisotopic (exact) mass is 407 g/mol. The minimum absolute atomic E-state index is 0.469. The number of aliphatic hydroxyl groups is 1. The molecular weight excluding hydrogens is 382 g/mol. The maximum atomic E-state index is 9.47. The molecule has 0 amide bonds. The van der Waals surface area contributed by atoms with Gasteiger partial charge in [0.1, 0.15) is 12.4 Å². The first-order valence-corrected chi connectivity index (χ1v) is 10.4. The number of fused-ring (bicyclic) bond motifs is 1. The summed E-state index contributed by atoms with van der Waals surface area (Å²) in [5.74, 6) is 0.815. The van der Waals surface area contributed by atoms with Gasteiger partial charge < -0.3 is 9.84 Å². The van der Waals surface area contributed by atoms with E-state index in [9.17, 15) is 5.11 Å². The zero-order valence-electron chi connectivity index (χ0n) is 17.5. The molecule has 0 saturated heterocycles. The number of pyridine rings is 1. The third-order valence-electron chi connectivity index (χ3n) is 4.95. The summed E-state index contributed by atoms with van der Waals surface area (Å²) in [4.78, 5) is 4.67. The summed E-state index contributed by atoms with van der Waals surface area (Å²) in [5, 5.41) is 10.6. The number of aliphatic hydroxyl groups excluding tert-OH is 1. The highest BCUT2D eigenvalue weighted by Crippen LogP contribution is 2.19. The lowest BCUT2D eigenvalue weighted by molar-refractivity contribution is 0.245. The van der Waals surface area contributed by atoms with E-state index >= 15 is 0 Å². The summed E-state index contributed by atoms with van der Waals surface area (Å²) in [6, 6.07) is 28.3. The molecule has 3 nitrogen and oxygen atoms in total. The standard InChI is InChI=1S/C28H25NO2/c1-21(30)10-14-23-6-2-3-8-25(23)20-31-27-18-12-22(13-19-27)11-16-26-17-15-24-7-4-5-9-28(24)29-26/h2-19,21,30H,20H2,1H3/b14-10+,16-11+. The summed E-state index contributed by atoms with van der Waals surface area (Å²) in [7, 11) is 0. The Morgan fingerprint density at radius 3 is 2.45 bits per heavy atom. The average molecular weight is 408 g/mol. The Bertz CT molecular complexity index is 1210. The molecule has 1 aromatic heterocycles. The van der Waals surface area contributed by atoms with Crippen LogP contribution in [-0.2, 0) is 6.61 Å². The average Bonchev–Trinajstić information content (AvgIpc) is 2.81. The molecule has 1 atom stereocenters. The van der Waals surface area contributed by atoms with Gasteiger partial charge in [-0.05, 0) is 54.0 Å². The molecule has 0 aliphatic carbocycles. The largest absolute Gasteiger partial charge is 0.489 e. The number of benzene rings is 3. The van der Waals surface area contributed by atoms with Gasteiger partial charge in [0.15, 0.2) is 0 Å². The van der Waals surface area contributed by atoms with Crippen LogP contribution in [0.15, 0.2) is 91.0 Å². The Labute approximate surface area is 183 Å². The fourth-order valence-electron chi connectivity index (χ4n) is 3.26. The summed E-state index contributed by atoms with van der Waals surface area (Å²) in [6.07, 6.45) is 7.30. The van der Waals surface area contributed by atoms with Crippen molar-refractivity contribution < 1.29 is 9.84 Å². The summed E-state index contributed by atoms with van der Waals surface area (Å²) in [6.45, 7) is 2.21.